The minimum absolute atomic E-state index is 0.644. The van der Waals surface area contributed by atoms with E-state index in [-0.39, 0.29) is 0 Å². The lowest BCUT2D eigenvalue weighted by atomic mass is 9.91. The zero-order chi connectivity index (χ0) is 9.14. The quantitative estimate of drug-likeness (QED) is 0.762. The molecular weight excluding hydrogens is 166 g/mol. The maximum Gasteiger partial charge on any atom is 0.0458 e. The van der Waals surface area contributed by atoms with Gasteiger partial charge in [-0.3, -0.25) is 0 Å². The number of hydrogen-bond acceptors (Lipinski definition) is 2. The van der Waals surface area contributed by atoms with Crippen LogP contribution in [0.1, 0.15) is 38.0 Å². The van der Waals surface area contributed by atoms with Gasteiger partial charge in [0.2, 0.25) is 0 Å². The fourth-order valence-electron chi connectivity index (χ4n) is 1.59. The highest BCUT2D eigenvalue weighted by molar-refractivity contribution is 7.10. The zero-order valence-corrected chi connectivity index (χ0v) is 8.82. The average Bonchev–Trinajstić information content (AvgIpc) is 2.38. The van der Waals surface area contributed by atoms with Crippen LogP contribution in [0, 0.1) is 5.92 Å². The van der Waals surface area contributed by atoms with E-state index in [1.165, 1.54) is 11.3 Å². The third-order valence-electron chi connectivity index (χ3n) is 2.31. The van der Waals surface area contributed by atoms with Crippen LogP contribution in [0.3, 0.4) is 0 Å². The standard InChI is InChI=1S/C10H17NS/c1-4-8(7(2)3)10-9(11)5-6-12-10/h5-8H,4,11H2,1-3H3. The van der Waals surface area contributed by atoms with Crippen LogP contribution in [-0.2, 0) is 0 Å². The van der Waals surface area contributed by atoms with Crippen LogP contribution in [0.5, 0.6) is 0 Å². The van der Waals surface area contributed by atoms with Gasteiger partial charge in [-0.05, 0) is 29.7 Å². The summed E-state index contributed by atoms with van der Waals surface area (Å²) >= 11 is 1.79. The first-order valence-corrected chi connectivity index (χ1v) is 5.37. The molecule has 0 saturated heterocycles. The lowest BCUT2D eigenvalue weighted by Gasteiger charge is -2.17. The van der Waals surface area contributed by atoms with E-state index in [0.29, 0.717) is 11.8 Å². The average molecular weight is 183 g/mol. The van der Waals surface area contributed by atoms with Gasteiger partial charge >= 0.3 is 0 Å². The first-order valence-electron chi connectivity index (χ1n) is 4.49. The van der Waals surface area contributed by atoms with Crippen LogP contribution >= 0.6 is 11.3 Å². The Bertz CT molecular complexity index is 240. The van der Waals surface area contributed by atoms with Crippen LogP contribution in [0.15, 0.2) is 11.4 Å². The smallest absolute Gasteiger partial charge is 0.0458 e. The first-order chi connectivity index (χ1) is 5.66. The van der Waals surface area contributed by atoms with Crippen molar-refractivity contribution in [2.75, 3.05) is 5.73 Å². The van der Waals surface area contributed by atoms with Crippen LogP contribution in [0.4, 0.5) is 5.69 Å². The minimum Gasteiger partial charge on any atom is -0.398 e. The zero-order valence-electron chi connectivity index (χ0n) is 8.00. The van der Waals surface area contributed by atoms with Gasteiger partial charge in [0.1, 0.15) is 0 Å². The Hall–Kier alpha value is -0.500. The van der Waals surface area contributed by atoms with Crippen LogP contribution < -0.4 is 5.73 Å². The number of rotatable bonds is 3. The molecule has 0 fully saturated rings. The molecule has 0 aliphatic heterocycles. The molecule has 0 radical (unpaired) electrons. The maximum absolute atomic E-state index is 5.87. The number of nitrogen functional groups attached to an aromatic ring is 1. The third kappa shape index (κ3) is 1.81. The Morgan fingerprint density at radius 3 is 2.50 bits per heavy atom. The molecule has 0 amide bonds. The molecule has 68 valence electrons. The normalized spacial score (nSPS) is 13.7. The van der Waals surface area contributed by atoms with E-state index >= 15 is 0 Å². The van der Waals surface area contributed by atoms with Gasteiger partial charge in [0.25, 0.3) is 0 Å². The molecule has 12 heavy (non-hydrogen) atoms. The fraction of sp³-hybridized carbons (Fsp3) is 0.600. The second-order valence-electron chi connectivity index (χ2n) is 3.50. The van der Waals surface area contributed by atoms with Gasteiger partial charge in [-0.1, -0.05) is 20.8 Å². The number of nitrogens with two attached hydrogens (primary N) is 1. The summed E-state index contributed by atoms with van der Waals surface area (Å²) in [5.41, 5.74) is 6.84. The van der Waals surface area contributed by atoms with Crippen molar-refractivity contribution in [2.45, 2.75) is 33.1 Å². The van der Waals surface area contributed by atoms with E-state index < -0.39 is 0 Å². The third-order valence-corrected chi connectivity index (χ3v) is 3.37. The Morgan fingerprint density at radius 2 is 2.17 bits per heavy atom. The van der Waals surface area contributed by atoms with Crippen molar-refractivity contribution < 1.29 is 0 Å². The van der Waals surface area contributed by atoms with Gasteiger partial charge < -0.3 is 5.73 Å². The van der Waals surface area contributed by atoms with Gasteiger partial charge in [-0.25, -0.2) is 0 Å². The summed E-state index contributed by atoms with van der Waals surface area (Å²) in [5.74, 6) is 1.33. The Morgan fingerprint density at radius 1 is 1.50 bits per heavy atom. The molecule has 2 N–H and O–H groups in total. The molecule has 1 nitrogen and oxygen atoms in total. The first kappa shape index (κ1) is 9.59. The molecule has 1 atom stereocenters. The summed E-state index contributed by atoms with van der Waals surface area (Å²) in [5, 5.41) is 2.08. The van der Waals surface area contributed by atoms with E-state index in [1.54, 1.807) is 11.3 Å². The van der Waals surface area contributed by atoms with Gasteiger partial charge in [0.15, 0.2) is 0 Å². The molecular formula is C10H17NS. The second kappa shape index (κ2) is 3.94. The SMILES string of the molecule is CCC(c1sccc1N)C(C)C. The van der Waals surface area contributed by atoms with Crippen LogP contribution in [0.2, 0.25) is 0 Å². The molecule has 0 bridgehead atoms. The van der Waals surface area contributed by atoms with Crippen molar-refractivity contribution in [3.05, 3.63) is 16.3 Å². The van der Waals surface area contributed by atoms with E-state index in [9.17, 15) is 0 Å². The topological polar surface area (TPSA) is 26.0 Å². The van der Waals surface area contributed by atoms with Crippen molar-refractivity contribution in [3.8, 4) is 0 Å². The Balaban J connectivity index is 2.87. The molecule has 0 saturated carbocycles. The van der Waals surface area contributed by atoms with Crippen molar-refractivity contribution >= 4 is 17.0 Å². The molecule has 2 heteroatoms. The van der Waals surface area contributed by atoms with Crippen LogP contribution in [-0.4, -0.2) is 0 Å². The monoisotopic (exact) mass is 183 g/mol. The molecule has 0 spiro atoms. The predicted molar refractivity (Wildman–Crippen MR) is 56.6 cm³/mol. The summed E-state index contributed by atoms with van der Waals surface area (Å²) in [6.45, 7) is 6.74. The van der Waals surface area contributed by atoms with Crippen molar-refractivity contribution in [3.63, 3.8) is 0 Å². The number of thiophene rings is 1. The second-order valence-corrected chi connectivity index (χ2v) is 4.45. The summed E-state index contributed by atoms with van der Waals surface area (Å²) in [7, 11) is 0. The van der Waals surface area contributed by atoms with Gasteiger partial charge in [0, 0.05) is 10.6 Å². The molecule has 1 unspecified atom stereocenters. The Kier molecular flexibility index (Phi) is 3.15. The lowest BCUT2D eigenvalue weighted by molar-refractivity contribution is 0.493. The van der Waals surface area contributed by atoms with E-state index in [1.807, 2.05) is 6.07 Å². The maximum atomic E-state index is 5.87. The van der Waals surface area contributed by atoms with Crippen molar-refractivity contribution in [2.24, 2.45) is 5.92 Å². The van der Waals surface area contributed by atoms with E-state index in [4.69, 9.17) is 5.73 Å². The molecule has 0 aliphatic carbocycles. The minimum atomic E-state index is 0.644. The molecule has 1 aromatic rings. The van der Waals surface area contributed by atoms with Crippen LogP contribution in [0.25, 0.3) is 0 Å². The van der Waals surface area contributed by atoms with Crippen molar-refractivity contribution in [1.82, 2.24) is 0 Å². The highest BCUT2D eigenvalue weighted by atomic mass is 32.1. The number of anilines is 1. The lowest BCUT2D eigenvalue weighted by Crippen LogP contribution is -2.05. The summed E-state index contributed by atoms with van der Waals surface area (Å²) in [6, 6.07) is 2.00. The number of hydrogen-bond donors (Lipinski definition) is 1. The molecule has 0 aliphatic rings. The molecule has 1 rings (SSSR count). The van der Waals surface area contributed by atoms with Gasteiger partial charge in [-0.2, -0.15) is 0 Å². The van der Waals surface area contributed by atoms with E-state index in [2.05, 4.69) is 26.2 Å². The largest absolute Gasteiger partial charge is 0.398 e. The van der Waals surface area contributed by atoms with E-state index in [0.717, 1.165) is 5.69 Å². The molecule has 1 aromatic heterocycles. The van der Waals surface area contributed by atoms with Gasteiger partial charge in [-0.15, -0.1) is 11.3 Å². The predicted octanol–water partition coefficient (Wildman–Crippen LogP) is 3.48. The van der Waals surface area contributed by atoms with Crippen molar-refractivity contribution in [1.29, 1.82) is 0 Å². The summed E-state index contributed by atoms with van der Waals surface area (Å²) in [4.78, 5) is 1.37. The van der Waals surface area contributed by atoms with Gasteiger partial charge in [0.05, 0.1) is 0 Å². The Labute approximate surface area is 78.6 Å². The summed E-state index contributed by atoms with van der Waals surface area (Å²) in [6.07, 6.45) is 1.18. The highest BCUT2D eigenvalue weighted by Crippen LogP contribution is 2.35. The molecule has 0 aromatic carbocycles. The fourth-order valence-corrected chi connectivity index (χ4v) is 2.77. The summed E-state index contributed by atoms with van der Waals surface area (Å²) < 4.78 is 0. The highest BCUT2D eigenvalue weighted by Gasteiger charge is 2.16. The molecule has 1 heterocycles.